The molecule has 0 aliphatic carbocycles. The largest absolute Gasteiger partial charge is 0.346 e. The second kappa shape index (κ2) is 9.20. The maximum Gasteiger partial charge on any atom is 0.251 e. The van der Waals surface area contributed by atoms with Crippen molar-refractivity contribution in [3.05, 3.63) is 124 Å². The van der Waals surface area contributed by atoms with Crippen LogP contribution in [0.3, 0.4) is 0 Å². The van der Waals surface area contributed by atoms with Crippen LogP contribution in [-0.2, 0) is 6.54 Å². The smallest absolute Gasteiger partial charge is 0.251 e. The van der Waals surface area contributed by atoms with Gasteiger partial charge in [0.25, 0.3) is 5.91 Å². The molecule has 0 bridgehead atoms. The van der Waals surface area contributed by atoms with E-state index < -0.39 is 11.6 Å². The van der Waals surface area contributed by atoms with Gasteiger partial charge in [-0.05, 0) is 61.5 Å². The molecule has 3 aromatic carbocycles. The first-order valence-electron chi connectivity index (χ1n) is 10.1. The van der Waals surface area contributed by atoms with Crippen LogP contribution in [-0.4, -0.2) is 16.3 Å². The van der Waals surface area contributed by atoms with Gasteiger partial charge in [-0.1, -0.05) is 41.9 Å². The Hall–Kier alpha value is -3.70. The zero-order chi connectivity index (χ0) is 22.7. The second-order valence-corrected chi connectivity index (χ2v) is 7.76. The van der Waals surface area contributed by atoms with Gasteiger partial charge in [0.1, 0.15) is 5.82 Å². The first-order valence-corrected chi connectivity index (χ1v) is 10.4. The predicted molar refractivity (Wildman–Crippen MR) is 123 cm³/mol. The summed E-state index contributed by atoms with van der Waals surface area (Å²) in [4.78, 5) is 25.7. The Morgan fingerprint density at radius 3 is 2.38 bits per heavy atom. The second-order valence-electron chi connectivity index (χ2n) is 7.32. The minimum Gasteiger partial charge on any atom is -0.346 e. The van der Waals surface area contributed by atoms with Gasteiger partial charge in [0, 0.05) is 27.5 Å². The fourth-order valence-corrected chi connectivity index (χ4v) is 3.79. The standard InChI is InChI=1S/C26H20ClFN2O2/c1-17-11-13-20(16-29-26(32)18-7-3-2-4-8-18)30(17)24-14-12-19(27)15-22(24)25(31)21-9-5-6-10-23(21)28/h2-15H,16H2,1H3,(H,29,32). The normalized spacial score (nSPS) is 10.7. The number of ketones is 1. The molecule has 1 N–H and O–H groups in total. The summed E-state index contributed by atoms with van der Waals surface area (Å²) in [6, 6.07) is 23.5. The van der Waals surface area contributed by atoms with E-state index in [9.17, 15) is 14.0 Å². The molecule has 4 nitrogen and oxygen atoms in total. The van der Waals surface area contributed by atoms with Gasteiger partial charge in [0.15, 0.2) is 5.78 Å². The summed E-state index contributed by atoms with van der Waals surface area (Å²) in [5.41, 5.74) is 3.01. The lowest BCUT2D eigenvalue weighted by Gasteiger charge is -2.17. The van der Waals surface area contributed by atoms with Gasteiger partial charge in [-0.25, -0.2) is 4.39 Å². The minimum atomic E-state index is -0.594. The number of aryl methyl sites for hydroxylation is 1. The maximum atomic E-state index is 14.3. The molecule has 0 saturated carbocycles. The third-order valence-electron chi connectivity index (χ3n) is 5.19. The molecule has 0 fully saturated rings. The Balaban J connectivity index is 1.71. The predicted octanol–water partition coefficient (Wildman–Crippen LogP) is 5.74. The van der Waals surface area contributed by atoms with Crippen LogP contribution in [0.25, 0.3) is 5.69 Å². The van der Waals surface area contributed by atoms with Crippen molar-refractivity contribution in [2.24, 2.45) is 0 Å². The summed E-state index contributed by atoms with van der Waals surface area (Å²) in [6.07, 6.45) is 0. The molecule has 32 heavy (non-hydrogen) atoms. The van der Waals surface area contributed by atoms with Crippen LogP contribution in [0.4, 0.5) is 4.39 Å². The zero-order valence-electron chi connectivity index (χ0n) is 17.3. The van der Waals surface area contributed by atoms with Gasteiger partial charge in [0.2, 0.25) is 0 Å². The summed E-state index contributed by atoms with van der Waals surface area (Å²) in [5, 5.41) is 3.28. The molecule has 6 heteroatoms. The molecule has 4 rings (SSSR count). The van der Waals surface area contributed by atoms with E-state index in [0.29, 0.717) is 16.3 Å². The molecule has 160 valence electrons. The van der Waals surface area contributed by atoms with Gasteiger partial charge in [-0.3, -0.25) is 9.59 Å². The monoisotopic (exact) mass is 446 g/mol. The lowest BCUT2D eigenvalue weighted by molar-refractivity contribution is 0.0949. The number of hydrogen-bond acceptors (Lipinski definition) is 2. The molecule has 0 saturated heterocycles. The fraction of sp³-hybridized carbons (Fsp3) is 0.0769. The molecular formula is C26H20ClFN2O2. The molecule has 1 amide bonds. The third kappa shape index (κ3) is 4.34. The minimum absolute atomic E-state index is 0.0280. The highest BCUT2D eigenvalue weighted by Crippen LogP contribution is 2.27. The number of carbonyl (C=O) groups excluding carboxylic acids is 2. The Morgan fingerprint density at radius 1 is 0.906 bits per heavy atom. The van der Waals surface area contributed by atoms with Gasteiger partial charge in [-0.2, -0.15) is 0 Å². The van der Waals surface area contributed by atoms with Crippen LogP contribution in [0.5, 0.6) is 0 Å². The van der Waals surface area contributed by atoms with Crippen LogP contribution in [0.1, 0.15) is 37.7 Å². The zero-order valence-corrected chi connectivity index (χ0v) is 18.1. The Morgan fingerprint density at radius 2 is 1.62 bits per heavy atom. The van der Waals surface area contributed by atoms with Crippen molar-refractivity contribution in [2.75, 3.05) is 0 Å². The van der Waals surface area contributed by atoms with Gasteiger partial charge in [-0.15, -0.1) is 0 Å². The van der Waals surface area contributed by atoms with E-state index in [1.165, 1.54) is 24.3 Å². The molecule has 0 aliphatic rings. The van der Waals surface area contributed by atoms with Crippen molar-refractivity contribution >= 4 is 23.3 Å². The average Bonchev–Trinajstić information content (AvgIpc) is 3.18. The van der Waals surface area contributed by atoms with E-state index in [1.54, 1.807) is 42.5 Å². The number of benzene rings is 3. The molecule has 4 aromatic rings. The summed E-state index contributed by atoms with van der Waals surface area (Å²) in [5.74, 6) is -1.26. The van der Waals surface area contributed by atoms with E-state index in [2.05, 4.69) is 5.32 Å². The molecule has 1 aromatic heterocycles. The summed E-state index contributed by atoms with van der Waals surface area (Å²) in [7, 11) is 0. The highest BCUT2D eigenvalue weighted by Gasteiger charge is 2.21. The summed E-state index contributed by atoms with van der Waals surface area (Å²) >= 11 is 6.19. The van der Waals surface area contributed by atoms with Crippen LogP contribution >= 0.6 is 11.6 Å². The molecule has 0 spiro atoms. The quantitative estimate of drug-likeness (QED) is 0.384. The van der Waals surface area contributed by atoms with Crippen molar-refractivity contribution in [3.63, 3.8) is 0 Å². The maximum absolute atomic E-state index is 14.3. The fourth-order valence-electron chi connectivity index (χ4n) is 3.61. The van der Waals surface area contributed by atoms with Crippen LogP contribution in [0, 0.1) is 12.7 Å². The van der Waals surface area contributed by atoms with Crippen LogP contribution in [0.2, 0.25) is 5.02 Å². The molecule has 0 radical (unpaired) electrons. The summed E-state index contributed by atoms with van der Waals surface area (Å²) in [6.45, 7) is 2.14. The van der Waals surface area contributed by atoms with Crippen LogP contribution < -0.4 is 5.32 Å². The number of amides is 1. The van der Waals surface area contributed by atoms with Gasteiger partial charge in [0.05, 0.1) is 17.8 Å². The van der Waals surface area contributed by atoms with Crippen LogP contribution in [0.15, 0.2) is 84.9 Å². The first-order chi connectivity index (χ1) is 15.5. The molecule has 0 atom stereocenters. The van der Waals surface area contributed by atoms with E-state index in [4.69, 9.17) is 11.6 Å². The van der Waals surface area contributed by atoms with Crippen molar-refractivity contribution in [1.82, 2.24) is 9.88 Å². The van der Waals surface area contributed by atoms with Crippen molar-refractivity contribution in [1.29, 1.82) is 0 Å². The van der Waals surface area contributed by atoms with E-state index in [1.807, 2.05) is 29.7 Å². The lowest BCUT2D eigenvalue weighted by atomic mass is 10.0. The van der Waals surface area contributed by atoms with Gasteiger partial charge >= 0.3 is 0 Å². The van der Waals surface area contributed by atoms with E-state index in [-0.39, 0.29) is 23.6 Å². The lowest BCUT2D eigenvalue weighted by Crippen LogP contribution is -2.24. The van der Waals surface area contributed by atoms with E-state index in [0.717, 1.165) is 11.4 Å². The number of halogens is 2. The molecule has 0 unspecified atom stereocenters. The number of carbonyl (C=O) groups is 2. The SMILES string of the molecule is Cc1ccc(CNC(=O)c2ccccc2)n1-c1ccc(Cl)cc1C(=O)c1ccccc1F. The van der Waals surface area contributed by atoms with E-state index >= 15 is 0 Å². The van der Waals surface area contributed by atoms with Crippen molar-refractivity contribution in [2.45, 2.75) is 13.5 Å². The number of rotatable bonds is 6. The van der Waals surface area contributed by atoms with Gasteiger partial charge < -0.3 is 9.88 Å². The topological polar surface area (TPSA) is 51.1 Å². The van der Waals surface area contributed by atoms with Crippen molar-refractivity contribution in [3.8, 4) is 5.69 Å². The Bertz CT molecular complexity index is 1300. The molecule has 1 heterocycles. The Labute approximate surface area is 190 Å². The molecular weight excluding hydrogens is 427 g/mol. The molecule has 0 aliphatic heterocycles. The summed E-state index contributed by atoms with van der Waals surface area (Å²) < 4.78 is 16.2. The average molecular weight is 447 g/mol. The number of nitrogens with zero attached hydrogens (tertiary/aromatic N) is 1. The third-order valence-corrected chi connectivity index (χ3v) is 5.42. The van der Waals surface area contributed by atoms with Crippen molar-refractivity contribution < 1.29 is 14.0 Å². The number of aromatic nitrogens is 1. The highest BCUT2D eigenvalue weighted by molar-refractivity contribution is 6.31. The highest BCUT2D eigenvalue weighted by atomic mass is 35.5. The first kappa shape index (κ1) is 21.5. The number of nitrogens with one attached hydrogen (secondary N) is 1. The number of hydrogen-bond donors (Lipinski definition) is 1. The Kier molecular flexibility index (Phi) is 6.19.